The zero-order valence-corrected chi connectivity index (χ0v) is 16.1. The van der Waals surface area contributed by atoms with Crippen molar-refractivity contribution in [3.05, 3.63) is 88.6 Å². The topological polar surface area (TPSA) is 20.3 Å². The maximum atomic E-state index is 12.7. The molecule has 1 aliphatic carbocycles. The third-order valence-electron chi connectivity index (χ3n) is 5.67. The van der Waals surface area contributed by atoms with Gasteiger partial charge in [-0.15, -0.1) is 0 Å². The van der Waals surface area contributed by atoms with Crippen LogP contribution in [0.25, 0.3) is 5.57 Å². The van der Waals surface area contributed by atoms with Crippen LogP contribution >= 0.6 is 0 Å². The second kappa shape index (κ2) is 7.96. The molecule has 0 amide bonds. The summed E-state index contributed by atoms with van der Waals surface area (Å²) < 4.78 is 0. The van der Waals surface area contributed by atoms with E-state index in [1.807, 2.05) is 31.2 Å². The van der Waals surface area contributed by atoms with Crippen molar-refractivity contribution in [1.29, 1.82) is 0 Å². The number of allylic oxidation sites excluding steroid dienone is 4. The molecule has 27 heavy (non-hydrogen) atoms. The first-order valence-corrected chi connectivity index (χ1v) is 10.1. The van der Waals surface area contributed by atoms with Gasteiger partial charge < -0.3 is 4.90 Å². The van der Waals surface area contributed by atoms with Crippen LogP contribution in [0, 0.1) is 6.92 Å². The van der Waals surface area contributed by atoms with Crippen molar-refractivity contribution in [2.75, 3.05) is 13.1 Å². The van der Waals surface area contributed by atoms with E-state index in [0.29, 0.717) is 0 Å². The molecule has 1 heterocycles. The van der Waals surface area contributed by atoms with E-state index in [-0.39, 0.29) is 5.78 Å². The van der Waals surface area contributed by atoms with Gasteiger partial charge in [0.15, 0.2) is 5.78 Å². The smallest absolute Gasteiger partial charge is 0.185 e. The van der Waals surface area contributed by atoms with Crippen molar-refractivity contribution in [3.8, 4) is 0 Å². The summed E-state index contributed by atoms with van der Waals surface area (Å²) in [6.07, 6.45) is 9.97. The number of likely N-dealkylation sites (tertiary alicyclic amines) is 1. The van der Waals surface area contributed by atoms with Crippen molar-refractivity contribution >= 4 is 11.4 Å². The molecule has 2 nitrogen and oxygen atoms in total. The number of hydrogen-bond donors (Lipinski definition) is 0. The Morgan fingerprint density at radius 3 is 2.52 bits per heavy atom. The standard InChI is InChI=1S/C25H27NO/c1-19-9-8-11-21(17-19)25(27)14-13-23-22-12-5-4-10-20(22)18-24(23)26-15-6-2-3-7-16-26/h4-5,8-14,17H,2-3,6-7,15-16,18H2,1H3/b14-13+. The Bertz CT molecular complexity index is 898. The molecule has 0 saturated carbocycles. The quantitative estimate of drug-likeness (QED) is 0.526. The van der Waals surface area contributed by atoms with E-state index in [0.717, 1.165) is 30.6 Å². The van der Waals surface area contributed by atoms with Crippen LogP contribution in [0.1, 0.15) is 52.7 Å². The minimum atomic E-state index is 0.0748. The van der Waals surface area contributed by atoms with Gasteiger partial charge >= 0.3 is 0 Å². The number of ketones is 1. The van der Waals surface area contributed by atoms with Gasteiger partial charge in [0, 0.05) is 36.3 Å². The molecule has 0 bridgehead atoms. The Balaban J connectivity index is 1.66. The molecular formula is C25H27NO. The summed E-state index contributed by atoms with van der Waals surface area (Å²) in [4.78, 5) is 15.2. The largest absolute Gasteiger partial charge is 0.374 e. The molecule has 1 fully saturated rings. The third-order valence-corrected chi connectivity index (χ3v) is 5.67. The highest BCUT2D eigenvalue weighted by molar-refractivity contribution is 6.06. The first-order chi connectivity index (χ1) is 13.2. The van der Waals surface area contributed by atoms with E-state index < -0.39 is 0 Å². The van der Waals surface area contributed by atoms with Crippen molar-refractivity contribution in [2.45, 2.75) is 39.0 Å². The number of aryl methyl sites for hydroxylation is 1. The molecule has 2 aromatic carbocycles. The highest BCUT2D eigenvalue weighted by Gasteiger charge is 2.24. The average molecular weight is 357 g/mol. The molecule has 0 aromatic heterocycles. The van der Waals surface area contributed by atoms with E-state index in [2.05, 4.69) is 35.2 Å². The summed E-state index contributed by atoms with van der Waals surface area (Å²) >= 11 is 0. The Hall–Kier alpha value is -2.61. The summed E-state index contributed by atoms with van der Waals surface area (Å²) in [7, 11) is 0. The molecule has 0 radical (unpaired) electrons. The fraction of sp³-hybridized carbons (Fsp3) is 0.320. The second-order valence-corrected chi connectivity index (χ2v) is 7.66. The molecule has 0 spiro atoms. The fourth-order valence-electron chi connectivity index (χ4n) is 4.23. The zero-order chi connectivity index (χ0) is 18.6. The number of carbonyl (C=O) groups is 1. The van der Waals surface area contributed by atoms with E-state index >= 15 is 0 Å². The van der Waals surface area contributed by atoms with Crippen LogP contribution in [0.2, 0.25) is 0 Å². The number of carbonyl (C=O) groups excluding carboxylic acids is 1. The Kier molecular flexibility index (Phi) is 5.24. The molecule has 1 saturated heterocycles. The van der Waals surface area contributed by atoms with Crippen molar-refractivity contribution in [1.82, 2.24) is 4.90 Å². The van der Waals surface area contributed by atoms with Crippen molar-refractivity contribution < 1.29 is 4.79 Å². The highest BCUT2D eigenvalue weighted by Crippen LogP contribution is 2.36. The Morgan fingerprint density at radius 2 is 1.74 bits per heavy atom. The number of rotatable bonds is 4. The van der Waals surface area contributed by atoms with E-state index in [1.54, 1.807) is 6.08 Å². The van der Waals surface area contributed by atoms with Crippen LogP contribution in [0.4, 0.5) is 0 Å². The molecule has 2 aromatic rings. The van der Waals surface area contributed by atoms with Crippen molar-refractivity contribution in [2.24, 2.45) is 0 Å². The third kappa shape index (κ3) is 3.90. The summed E-state index contributed by atoms with van der Waals surface area (Å²) in [5, 5.41) is 0. The molecule has 0 N–H and O–H groups in total. The number of benzene rings is 2. The summed E-state index contributed by atoms with van der Waals surface area (Å²) in [6, 6.07) is 16.4. The number of fused-ring (bicyclic) bond motifs is 1. The van der Waals surface area contributed by atoms with Crippen LogP contribution in [-0.4, -0.2) is 23.8 Å². The van der Waals surface area contributed by atoms with Gasteiger partial charge in [0.1, 0.15) is 0 Å². The maximum Gasteiger partial charge on any atom is 0.185 e. The van der Waals surface area contributed by atoms with Gasteiger partial charge in [-0.05, 0) is 49.1 Å². The normalized spacial score (nSPS) is 17.3. The average Bonchev–Trinajstić information content (AvgIpc) is 2.85. The molecule has 0 atom stereocenters. The van der Waals surface area contributed by atoms with E-state index in [1.165, 1.54) is 48.1 Å². The van der Waals surface area contributed by atoms with Gasteiger partial charge in [-0.1, -0.05) is 60.9 Å². The van der Waals surface area contributed by atoms with Crippen LogP contribution in [0.5, 0.6) is 0 Å². The van der Waals surface area contributed by atoms with E-state index in [9.17, 15) is 4.79 Å². The lowest BCUT2D eigenvalue weighted by atomic mass is 10.0. The Morgan fingerprint density at radius 1 is 0.963 bits per heavy atom. The van der Waals surface area contributed by atoms with Gasteiger partial charge in [0.25, 0.3) is 0 Å². The number of hydrogen-bond acceptors (Lipinski definition) is 2. The molecule has 2 aliphatic rings. The molecule has 1 aliphatic heterocycles. The predicted molar refractivity (Wildman–Crippen MR) is 112 cm³/mol. The second-order valence-electron chi connectivity index (χ2n) is 7.66. The lowest BCUT2D eigenvalue weighted by Crippen LogP contribution is -2.24. The lowest BCUT2D eigenvalue weighted by molar-refractivity contribution is 0.104. The summed E-state index contributed by atoms with van der Waals surface area (Å²) in [6.45, 7) is 4.28. The van der Waals surface area contributed by atoms with Crippen LogP contribution in [0.3, 0.4) is 0 Å². The summed E-state index contributed by atoms with van der Waals surface area (Å²) in [5.74, 6) is 0.0748. The van der Waals surface area contributed by atoms with Gasteiger partial charge in [-0.2, -0.15) is 0 Å². The molecular weight excluding hydrogens is 330 g/mol. The SMILES string of the molecule is Cc1cccc(C(=O)/C=C/C2=C(N3CCCCCC3)Cc3ccccc32)c1. The monoisotopic (exact) mass is 357 g/mol. The lowest BCUT2D eigenvalue weighted by Gasteiger charge is -2.25. The minimum Gasteiger partial charge on any atom is -0.374 e. The van der Waals surface area contributed by atoms with Gasteiger partial charge in [0.2, 0.25) is 0 Å². The maximum absolute atomic E-state index is 12.7. The van der Waals surface area contributed by atoms with Crippen LogP contribution in [-0.2, 0) is 6.42 Å². The zero-order valence-electron chi connectivity index (χ0n) is 16.1. The molecule has 138 valence electrons. The summed E-state index contributed by atoms with van der Waals surface area (Å²) in [5.41, 5.74) is 7.16. The van der Waals surface area contributed by atoms with Gasteiger partial charge in [-0.3, -0.25) is 4.79 Å². The van der Waals surface area contributed by atoms with Gasteiger partial charge in [-0.25, -0.2) is 0 Å². The molecule has 2 heteroatoms. The van der Waals surface area contributed by atoms with Crippen molar-refractivity contribution in [3.63, 3.8) is 0 Å². The predicted octanol–water partition coefficient (Wildman–Crippen LogP) is 5.58. The first kappa shape index (κ1) is 17.8. The fourth-order valence-corrected chi connectivity index (χ4v) is 4.23. The minimum absolute atomic E-state index is 0.0748. The van der Waals surface area contributed by atoms with Crippen LogP contribution < -0.4 is 0 Å². The van der Waals surface area contributed by atoms with Gasteiger partial charge in [0.05, 0.1) is 0 Å². The molecule has 4 rings (SSSR count). The van der Waals surface area contributed by atoms with E-state index in [4.69, 9.17) is 0 Å². The Labute approximate surface area is 162 Å². The van der Waals surface area contributed by atoms with Crippen LogP contribution in [0.15, 0.2) is 66.4 Å². The highest BCUT2D eigenvalue weighted by atomic mass is 16.1. The molecule has 0 unspecified atom stereocenters. The first-order valence-electron chi connectivity index (χ1n) is 10.1. The number of nitrogens with zero attached hydrogens (tertiary/aromatic N) is 1.